The summed E-state index contributed by atoms with van der Waals surface area (Å²) in [5, 5.41) is 9.39. The number of carbonyl (C=O) groups is 1. The molecule has 0 spiro atoms. The Bertz CT molecular complexity index is 307. The third-order valence-corrected chi connectivity index (χ3v) is 1.92. The van der Waals surface area contributed by atoms with Crippen LogP contribution in [-0.4, -0.2) is 18.0 Å². The lowest BCUT2D eigenvalue weighted by Crippen LogP contribution is -1.94. The van der Waals surface area contributed by atoms with Gasteiger partial charge in [-0.15, -0.1) is 0 Å². The number of aromatic hydroxyl groups is 1. The van der Waals surface area contributed by atoms with E-state index < -0.39 is 0 Å². The summed E-state index contributed by atoms with van der Waals surface area (Å²) in [7, 11) is 0. The first-order chi connectivity index (χ1) is 6.77. The molecule has 1 N–H and O–H groups in total. The lowest BCUT2D eigenvalue weighted by molar-refractivity contribution is -0.107. The minimum atomic E-state index is 0.164. The van der Waals surface area contributed by atoms with Gasteiger partial charge >= 0.3 is 0 Å². The van der Waals surface area contributed by atoms with E-state index in [1.165, 1.54) is 0 Å². The van der Waals surface area contributed by atoms with Crippen LogP contribution in [0.5, 0.6) is 5.75 Å². The summed E-state index contributed by atoms with van der Waals surface area (Å²) in [6, 6.07) is 5.17. The normalized spacial score (nSPS) is 10.1. The summed E-state index contributed by atoms with van der Waals surface area (Å²) in [6.07, 6.45) is 1.02. The Morgan fingerprint density at radius 3 is 2.93 bits per heavy atom. The van der Waals surface area contributed by atoms with E-state index in [-0.39, 0.29) is 12.2 Å². The molecule has 14 heavy (non-hydrogen) atoms. The van der Waals surface area contributed by atoms with E-state index in [1.807, 2.05) is 6.92 Å². The number of aldehydes is 1. The number of carbonyl (C=O) groups excluding carboxylic acids is 1. The maximum Gasteiger partial charge on any atom is 0.124 e. The largest absolute Gasteiger partial charge is 0.508 e. The number of phenolic OH excluding ortho intramolecular Hbond substituents is 1. The van der Waals surface area contributed by atoms with Gasteiger partial charge in [-0.3, -0.25) is 0 Å². The number of ether oxygens (including phenoxy) is 1. The Morgan fingerprint density at radius 2 is 2.29 bits per heavy atom. The van der Waals surface area contributed by atoms with Crippen molar-refractivity contribution in [1.82, 2.24) is 0 Å². The highest BCUT2D eigenvalue weighted by Gasteiger charge is 2.01. The lowest BCUT2D eigenvalue weighted by atomic mass is 10.1. The number of hydrogen-bond acceptors (Lipinski definition) is 3. The molecule has 0 fully saturated rings. The molecule has 0 aliphatic rings. The van der Waals surface area contributed by atoms with Gasteiger partial charge in [0.15, 0.2) is 0 Å². The van der Waals surface area contributed by atoms with Crippen molar-refractivity contribution in [3.05, 3.63) is 29.3 Å². The molecule has 0 saturated carbocycles. The number of rotatable bonds is 5. The lowest BCUT2D eigenvalue weighted by Gasteiger charge is -2.05. The quantitative estimate of drug-likeness (QED) is 0.725. The number of benzene rings is 1. The fraction of sp³-hybridized carbons (Fsp3) is 0.364. The molecule has 3 heteroatoms. The molecule has 1 aromatic carbocycles. The van der Waals surface area contributed by atoms with Gasteiger partial charge in [0, 0.05) is 18.6 Å². The Balaban J connectivity index is 2.77. The molecule has 0 heterocycles. The van der Waals surface area contributed by atoms with Gasteiger partial charge in [0.05, 0.1) is 6.61 Å². The Morgan fingerprint density at radius 1 is 1.50 bits per heavy atom. The molecule has 1 aromatic rings. The van der Waals surface area contributed by atoms with Crippen LogP contribution in [0.4, 0.5) is 0 Å². The Labute approximate surface area is 83.3 Å². The van der Waals surface area contributed by atoms with E-state index in [0.717, 1.165) is 11.8 Å². The molecular formula is C11H14O3. The van der Waals surface area contributed by atoms with Crippen molar-refractivity contribution < 1.29 is 14.6 Å². The smallest absolute Gasteiger partial charge is 0.124 e. The van der Waals surface area contributed by atoms with Gasteiger partial charge in [-0.1, -0.05) is 6.07 Å². The first kappa shape index (κ1) is 10.7. The van der Waals surface area contributed by atoms with E-state index in [2.05, 4.69) is 0 Å². The highest BCUT2D eigenvalue weighted by atomic mass is 16.5. The molecule has 0 atom stereocenters. The first-order valence-electron chi connectivity index (χ1n) is 4.60. The van der Waals surface area contributed by atoms with Crippen molar-refractivity contribution in [2.24, 2.45) is 0 Å². The van der Waals surface area contributed by atoms with Gasteiger partial charge in [0.25, 0.3) is 0 Å². The predicted molar refractivity (Wildman–Crippen MR) is 53.2 cm³/mol. The fourth-order valence-electron chi connectivity index (χ4n) is 1.20. The van der Waals surface area contributed by atoms with Gasteiger partial charge in [-0.2, -0.15) is 0 Å². The van der Waals surface area contributed by atoms with Crippen LogP contribution in [0.3, 0.4) is 0 Å². The topological polar surface area (TPSA) is 46.5 Å². The molecule has 0 aliphatic heterocycles. The van der Waals surface area contributed by atoms with E-state index in [1.54, 1.807) is 18.2 Å². The predicted octanol–water partition coefficient (Wildman–Crippen LogP) is 1.67. The van der Waals surface area contributed by atoms with Crippen molar-refractivity contribution in [3.63, 3.8) is 0 Å². The SMILES string of the molecule is CCOCc1ccc(O)c(CC=O)c1. The van der Waals surface area contributed by atoms with E-state index in [9.17, 15) is 9.90 Å². The summed E-state index contributed by atoms with van der Waals surface area (Å²) in [5.74, 6) is 0.164. The van der Waals surface area contributed by atoms with Crippen LogP contribution in [-0.2, 0) is 22.6 Å². The van der Waals surface area contributed by atoms with Crippen LogP contribution in [0.1, 0.15) is 18.1 Å². The minimum absolute atomic E-state index is 0.164. The molecule has 3 nitrogen and oxygen atoms in total. The van der Waals surface area contributed by atoms with Crippen LogP contribution in [0.15, 0.2) is 18.2 Å². The second-order valence-electron chi connectivity index (χ2n) is 2.97. The first-order valence-corrected chi connectivity index (χ1v) is 4.60. The second kappa shape index (κ2) is 5.40. The van der Waals surface area contributed by atoms with Gasteiger partial charge in [-0.05, 0) is 24.6 Å². The van der Waals surface area contributed by atoms with Crippen molar-refractivity contribution >= 4 is 6.29 Å². The standard InChI is InChI=1S/C11H14O3/c1-2-14-8-9-3-4-11(13)10(7-9)5-6-12/h3-4,6-7,13H,2,5,8H2,1H3. The maximum absolute atomic E-state index is 10.3. The highest BCUT2D eigenvalue weighted by Crippen LogP contribution is 2.18. The minimum Gasteiger partial charge on any atom is -0.508 e. The van der Waals surface area contributed by atoms with Crippen LogP contribution >= 0.6 is 0 Å². The molecule has 0 unspecified atom stereocenters. The molecule has 0 radical (unpaired) electrons. The average molecular weight is 194 g/mol. The zero-order valence-electron chi connectivity index (χ0n) is 8.19. The van der Waals surface area contributed by atoms with E-state index in [0.29, 0.717) is 18.8 Å². The van der Waals surface area contributed by atoms with Crippen molar-refractivity contribution in [3.8, 4) is 5.75 Å². The molecule has 76 valence electrons. The molecule has 0 aromatic heterocycles. The summed E-state index contributed by atoms with van der Waals surface area (Å²) in [6.45, 7) is 3.10. The summed E-state index contributed by atoms with van der Waals surface area (Å²) < 4.78 is 5.22. The van der Waals surface area contributed by atoms with Crippen LogP contribution < -0.4 is 0 Å². The molecule has 1 rings (SSSR count). The highest BCUT2D eigenvalue weighted by molar-refractivity contribution is 5.57. The summed E-state index contributed by atoms with van der Waals surface area (Å²) in [5.41, 5.74) is 1.62. The van der Waals surface area contributed by atoms with Crippen molar-refractivity contribution in [2.45, 2.75) is 20.0 Å². The fourth-order valence-corrected chi connectivity index (χ4v) is 1.20. The molecule has 0 aliphatic carbocycles. The zero-order chi connectivity index (χ0) is 10.4. The van der Waals surface area contributed by atoms with E-state index in [4.69, 9.17) is 4.74 Å². The number of hydrogen-bond donors (Lipinski definition) is 1. The molecule has 0 bridgehead atoms. The molecule has 0 saturated heterocycles. The molecular weight excluding hydrogens is 180 g/mol. The van der Waals surface area contributed by atoms with Gasteiger partial charge in [0.2, 0.25) is 0 Å². The Kier molecular flexibility index (Phi) is 4.13. The monoisotopic (exact) mass is 194 g/mol. The second-order valence-corrected chi connectivity index (χ2v) is 2.97. The van der Waals surface area contributed by atoms with Gasteiger partial charge in [-0.25, -0.2) is 0 Å². The number of phenols is 1. The van der Waals surface area contributed by atoms with Crippen LogP contribution in [0.25, 0.3) is 0 Å². The zero-order valence-corrected chi connectivity index (χ0v) is 8.19. The van der Waals surface area contributed by atoms with Gasteiger partial charge < -0.3 is 14.6 Å². The third-order valence-electron chi connectivity index (χ3n) is 1.92. The van der Waals surface area contributed by atoms with E-state index >= 15 is 0 Å². The van der Waals surface area contributed by atoms with Crippen molar-refractivity contribution in [1.29, 1.82) is 0 Å². The van der Waals surface area contributed by atoms with Crippen molar-refractivity contribution in [2.75, 3.05) is 6.61 Å². The summed E-state index contributed by atoms with van der Waals surface area (Å²) >= 11 is 0. The summed E-state index contributed by atoms with van der Waals surface area (Å²) in [4.78, 5) is 10.3. The molecule has 0 amide bonds. The Hall–Kier alpha value is -1.35. The van der Waals surface area contributed by atoms with Gasteiger partial charge in [0.1, 0.15) is 12.0 Å². The van der Waals surface area contributed by atoms with Crippen LogP contribution in [0, 0.1) is 0 Å². The van der Waals surface area contributed by atoms with Crippen LogP contribution in [0.2, 0.25) is 0 Å². The maximum atomic E-state index is 10.3. The third kappa shape index (κ3) is 2.85. The average Bonchev–Trinajstić information content (AvgIpc) is 2.19.